The first-order valence-corrected chi connectivity index (χ1v) is 9.44. The average Bonchev–Trinajstić information content (AvgIpc) is 3.02. The van der Waals surface area contributed by atoms with Crippen molar-refractivity contribution in [3.63, 3.8) is 0 Å². The highest BCUT2D eigenvalue weighted by Crippen LogP contribution is 2.28. The summed E-state index contributed by atoms with van der Waals surface area (Å²) in [4.78, 5) is 12.5. The summed E-state index contributed by atoms with van der Waals surface area (Å²) in [5, 5.41) is 11.8. The third-order valence-corrected chi connectivity index (χ3v) is 5.34. The van der Waals surface area contributed by atoms with E-state index in [1.807, 2.05) is 67.9 Å². The molecule has 3 aromatic rings. The maximum Gasteiger partial charge on any atom is 0.237 e. The number of rotatable bonds is 6. The molecule has 0 saturated heterocycles. The molecule has 0 aliphatic rings. The van der Waals surface area contributed by atoms with Crippen molar-refractivity contribution in [1.29, 1.82) is 0 Å². The fourth-order valence-corrected chi connectivity index (χ4v) is 3.45. The van der Waals surface area contributed by atoms with Crippen LogP contribution in [0, 0.1) is 6.92 Å². The van der Waals surface area contributed by atoms with Crippen molar-refractivity contribution in [3.8, 4) is 17.1 Å². The van der Waals surface area contributed by atoms with Gasteiger partial charge in [0, 0.05) is 24.4 Å². The lowest BCUT2D eigenvalue weighted by Crippen LogP contribution is -2.22. The monoisotopic (exact) mass is 382 g/mol. The Labute approximate surface area is 163 Å². The van der Waals surface area contributed by atoms with E-state index in [1.165, 1.54) is 11.8 Å². The predicted octanol–water partition coefficient (Wildman–Crippen LogP) is 3.92. The molecular weight excluding hydrogens is 360 g/mol. The Morgan fingerprint density at radius 1 is 1.19 bits per heavy atom. The quantitative estimate of drug-likeness (QED) is 0.655. The van der Waals surface area contributed by atoms with E-state index in [1.54, 1.807) is 13.2 Å². The highest BCUT2D eigenvalue weighted by molar-refractivity contribution is 8.00. The molecule has 1 amide bonds. The van der Waals surface area contributed by atoms with E-state index in [2.05, 4.69) is 15.5 Å². The summed E-state index contributed by atoms with van der Waals surface area (Å²) in [6.45, 7) is 3.89. The number of hydrogen-bond acceptors (Lipinski definition) is 5. The SMILES string of the molecule is COc1cccc(NC(=O)[C@H](C)Sc2nnc(-c3ccccc3C)n2C)c1. The smallest absolute Gasteiger partial charge is 0.237 e. The molecule has 6 nitrogen and oxygen atoms in total. The highest BCUT2D eigenvalue weighted by atomic mass is 32.2. The number of hydrogen-bond donors (Lipinski definition) is 1. The van der Waals surface area contributed by atoms with Crippen LogP contribution in [0.5, 0.6) is 5.75 Å². The van der Waals surface area contributed by atoms with Gasteiger partial charge in [-0.1, -0.05) is 42.1 Å². The molecule has 0 unspecified atom stereocenters. The summed E-state index contributed by atoms with van der Waals surface area (Å²) in [7, 11) is 3.51. The van der Waals surface area contributed by atoms with Crippen LogP contribution in [0.3, 0.4) is 0 Å². The molecule has 1 aromatic heterocycles. The number of carbonyl (C=O) groups is 1. The fraction of sp³-hybridized carbons (Fsp3) is 0.250. The minimum Gasteiger partial charge on any atom is -0.497 e. The number of aryl methyl sites for hydroxylation is 1. The van der Waals surface area contributed by atoms with E-state index >= 15 is 0 Å². The Hall–Kier alpha value is -2.80. The van der Waals surface area contributed by atoms with Crippen molar-refractivity contribution in [1.82, 2.24) is 14.8 Å². The second-order valence-electron chi connectivity index (χ2n) is 6.16. The molecule has 0 spiro atoms. The molecule has 140 valence electrons. The average molecular weight is 382 g/mol. The van der Waals surface area contributed by atoms with Gasteiger partial charge in [0.25, 0.3) is 0 Å². The van der Waals surface area contributed by atoms with Crippen LogP contribution in [-0.4, -0.2) is 33.0 Å². The second-order valence-corrected chi connectivity index (χ2v) is 7.47. The molecule has 7 heteroatoms. The van der Waals surface area contributed by atoms with Gasteiger partial charge in [-0.3, -0.25) is 4.79 Å². The molecule has 0 aliphatic carbocycles. The predicted molar refractivity (Wildman–Crippen MR) is 108 cm³/mol. The van der Waals surface area contributed by atoms with Crippen LogP contribution in [0.15, 0.2) is 53.7 Å². The van der Waals surface area contributed by atoms with Gasteiger partial charge in [0.1, 0.15) is 5.75 Å². The summed E-state index contributed by atoms with van der Waals surface area (Å²) in [6.07, 6.45) is 0. The van der Waals surface area contributed by atoms with E-state index < -0.39 is 0 Å². The lowest BCUT2D eigenvalue weighted by Gasteiger charge is -2.12. The molecule has 0 fully saturated rings. The van der Waals surface area contributed by atoms with Crippen molar-refractivity contribution in [3.05, 3.63) is 54.1 Å². The van der Waals surface area contributed by atoms with Gasteiger partial charge in [0.05, 0.1) is 12.4 Å². The van der Waals surface area contributed by atoms with Gasteiger partial charge in [-0.2, -0.15) is 0 Å². The number of nitrogens with zero attached hydrogens (tertiary/aromatic N) is 3. The minimum absolute atomic E-state index is 0.103. The normalized spacial score (nSPS) is 11.9. The second kappa shape index (κ2) is 8.26. The first-order valence-electron chi connectivity index (χ1n) is 8.56. The zero-order valence-electron chi connectivity index (χ0n) is 15.8. The van der Waals surface area contributed by atoms with E-state index in [4.69, 9.17) is 4.74 Å². The van der Waals surface area contributed by atoms with Crippen LogP contribution < -0.4 is 10.1 Å². The van der Waals surface area contributed by atoms with Gasteiger partial charge >= 0.3 is 0 Å². The van der Waals surface area contributed by atoms with Crippen molar-refractivity contribution >= 4 is 23.4 Å². The summed E-state index contributed by atoms with van der Waals surface area (Å²) in [5.41, 5.74) is 2.87. The fourth-order valence-electron chi connectivity index (χ4n) is 2.63. The van der Waals surface area contributed by atoms with Crippen molar-refractivity contribution in [2.75, 3.05) is 12.4 Å². The van der Waals surface area contributed by atoms with Crippen LogP contribution in [0.25, 0.3) is 11.4 Å². The number of anilines is 1. The standard InChI is InChI=1S/C20H22N4O2S/c1-13-8-5-6-11-17(13)18-22-23-20(24(18)3)27-14(2)19(25)21-15-9-7-10-16(12-15)26-4/h5-12,14H,1-4H3,(H,21,25)/t14-/m0/s1. The van der Waals surface area contributed by atoms with Crippen molar-refractivity contribution < 1.29 is 9.53 Å². The first kappa shape index (κ1) is 19.0. The summed E-state index contributed by atoms with van der Waals surface area (Å²) in [5.74, 6) is 1.38. The topological polar surface area (TPSA) is 69.0 Å². The van der Waals surface area contributed by atoms with E-state index in [0.29, 0.717) is 16.6 Å². The van der Waals surface area contributed by atoms with Crippen LogP contribution in [0.2, 0.25) is 0 Å². The van der Waals surface area contributed by atoms with Gasteiger partial charge in [-0.25, -0.2) is 0 Å². The molecule has 2 aromatic carbocycles. The summed E-state index contributed by atoms with van der Waals surface area (Å²) >= 11 is 1.37. The number of aromatic nitrogens is 3. The molecule has 27 heavy (non-hydrogen) atoms. The highest BCUT2D eigenvalue weighted by Gasteiger charge is 2.20. The number of carbonyl (C=O) groups excluding carboxylic acids is 1. The summed E-state index contributed by atoms with van der Waals surface area (Å²) < 4.78 is 7.10. The van der Waals surface area contributed by atoms with Gasteiger partial charge in [-0.05, 0) is 31.5 Å². The molecule has 0 bridgehead atoms. The maximum atomic E-state index is 12.5. The Bertz CT molecular complexity index is 955. The number of thioether (sulfide) groups is 1. The van der Waals surface area contributed by atoms with E-state index in [-0.39, 0.29) is 11.2 Å². The number of nitrogens with one attached hydrogen (secondary N) is 1. The van der Waals surface area contributed by atoms with Gasteiger partial charge in [0.2, 0.25) is 5.91 Å². The minimum atomic E-state index is -0.330. The van der Waals surface area contributed by atoms with Gasteiger partial charge in [-0.15, -0.1) is 10.2 Å². The molecule has 0 saturated carbocycles. The Morgan fingerprint density at radius 3 is 2.70 bits per heavy atom. The zero-order chi connectivity index (χ0) is 19.4. The van der Waals surface area contributed by atoms with Gasteiger partial charge < -0.3 is 14.6 Å². The molecule has 1 atom stereocenters. The molecule has 1 N–H and O–H groups in total. The lowest BCUT2D eigenvalue weighted by atomic mass is 10.1. The Morgan fingerprint density at radius 2 is 1.96 bits per heavy atom. The Balaban J connectivity index is 1.71. The zero-order valence-corrected chi connectivity index (χ0v) is 16.6. The van der Waals surface area contributed by atoms with Crippen molar-refractivity contribution in [2.45, 2.75) is 24.3 Å². The molecule has 0 radical (unpaired) electrons. The lowest BCUT2D eigenvalue weighted by molar-refractivity contribution is -0.115. The number of amides is 1. The van der Waals surface area contributed by atoms with Gasteiger partial charge in [0.15, 0.2) is 11.0 Å². The third kappa shape index (κ3) is 4.31. The van der Waals surface area contributed by atoms with Crippen LogP contribution in [0.1, 0.15) is 12.5 Å². The number of ether oxygens (including phenoxy) is 1. The largest absolute Gasteiger partial charge is 0.497 e. The molecule has 1 heterocycles. The number of methoxy groups -OCH3 is 1. The molecule has 3 rings (SSSR count). The van der Waals surface area contributed by atoms with Crippen LogP contribution in [-0.2, 0) is 11.8 Å². The van der Waals surface area contributed by atoms with Crippen LogP contribution in [0.4, 0.5) is 5.69 Å². The molecule has 0 aliphatic heterocycles. The Kier molecular flexibility index (Phi) is 5.81. The molecular formula is C20H22N4O2S. The van der Waals surface area contributed by atoms with Crippen molar-refractivity contribution in [2.24, 2.45) is 7.05 Å². The van der Waals surface area contributed by atoms with Crippen LogP contribution >= 0.6 is 11.8 Å². The number of benzene rings is 2. The maximum absolute atomic E-state index is 12.5. The first-order chi connectivity index (χ1) is 13.0. The third-order valence-electron chi connectivity index (χ3n) is 4.21. The van der Waals surface area contributed by atoms with E-state index in [9.17, 15) is 4.79 Å². The summed E-state index contributed by atoms with van der Waals surface area (Å²) in [6, 6.07) is 15.3. The van der Waals surface area contributed by atoms with E-state index in [0.717, 1.165) is 17.0 Å².